The second kappa shape index (κ2) is 3.45. The summed E-state index contributed by atoms with van der Waals surface area (Å²) in [6, 6.07) is 4.90. The molecule has 0 atom stereocenters. The van der Waals surface area contributed by atoms with E-state index in [4.69, 9.17) is 4.74 Å². The summed E-state index contributed by atoms with van der Waals surface area (Å²) in [5.41, 5.74) is 1.22. The summed E-state index contributed by atoms with van der Waals surface area (Å²) in [6.07, 6.45) is 2.44. The number of hydrogen-bond donors (Lipinski definition) is 0. The molecule has 1 fully saturated rings. The molecule has 0 N–H and O–H groups in total. The Morgan fingerprint density at radius 1 is 1.50 bits per heavy atom. The van der Waals surface area contributed by atoms with E-state index in [0.717, 1.165) is 12.8 Å². The van der Waals surface area contributed by atoms with Crippen LogP contribution in [0.1, 0.15) is 25.3 Å². The van der Waals surface area contributed by atoms with Gasteiger partial charge in [0.1, 0.15) is 11.6 Å². The molecule has 1 aliphatic carbocycles. The predicted molar refractivity (Wildman–Crippen MR) is 54.8 cm³/mol. The maximum atomic E-state index is 13.4. The molecule has 0 radical (unpaired) electrons. The normalized spacial score (nSPS) is 15.3. The topological polar surface area (TPSA) is 9.23 Å². The van der Waals surface area contributed by atoms with Gasteiger partial charge >= 0.3 is 0 Å². The average molecular weight is 192 g/mol. The lowest BCUT2D eigenvalue weighted by Crippen LogP contribution is -2.00. The Hall–Kier alpha value is -1.31. The van der Waals surface area contributed by atoms with Crippen molar-refractivity contribution in [2.24, 2.45) is 0 Å². The first-order valence-electron chi connectivity index (χ1n) is 4.79. The Morgan fingerprint density at radius 3 is 2.79 bits per heavy atom. The third-order valence-corrected chi connectivity index (χ3v) is 2.22. The standard InChI is InChI=1S/C12H13FO/c1-8(2)12-10(13)4-3-5-11(12)14-9-6-7-9/h3-5,9H,1,6-7H2,2H3. The summed E-state index contributed by atoms with van der Waals surface area (Å²) < 4.78 is 19.0. The van der Waals surface area contributed by atoms with E-state index in [0.29, 0.717) is 16.9 Å². The van der Waals surface area contributed by atoms with Crippen molar-refractivity contribution in [3.8, 4) is 5.75 Å². The molecule has 0 amide bonds. The average Bonchev–Trinajstić information content (AvgIpc) is 2.87. The number of ether oxygens (including phenoxy) is 1. The van der Waals surface area contributed by atoms with Crippen LogP contribution in [0.15, 0.2) is 24.8 Å². The molecule has 1 saturated carbocycles. The van der Waals surface area contributed by atoms with Gasteiger partial charge < -0.3 is 4.74 Å². The molecule has 1 aromatic carbocycles. The molecule has 74 valence electrons. The molecule has 1 aliphatic rings. The summed E-state index contributed by atoms with van der Waals surface area (Å²) in [7, 11) is 0. The monoisotopic (exact) mass is 192 g/mol. The summed E-state index contributed by atoms with van der Waals surface area (Å²) in [5, 5.41) is 0. The molecule has 0 saturated heterocycles. The van der Waals surface area contributed by atoms with Gasteiger partial charge in [-0.2, -0.15) is 0 Å². The van der Waals surface area contributed by atoms with Crippen molar-refractivity contribution in [2.45, 2.75) is 25.9 Å². The van der Waals surface area contributed by atoms with Gasteiger partial charge in [0.25, 0.3) is 0 Å². The molecule has 2 heteroatoms. The van der Waals surface area contributed by atoms with Gasteiger partial charge in [0.2, 0.25) is 0 Å². The zero-order valence-corrected chi connectivity index (χ0v) is 8.22. The van der Waals surface area contributed by atoms with Crippen molar-refractivity contribution in [3.63, 3.8) is 0 Å². The van der Waals surface area contributed by atoms with E-state index < -0.39 is 0 Å². The first kappa shape index (κ1) is 9.25. The van der Waals surface area contributed by atoms with Crippen molar-refractivity contribution in [1.29, 1.82) is 0 Å². The SMILES string of the molecule is C=C(C)c1c(F)cccc1OC1CC1. The van der Waals surface area contributed by atoms with Gasteiger partial charge in [0.05, 0.1) is 11.7 Å². The van der Waals surface area contributed by atoms with E-state index in [-0.39, 0.29) is 11.9 Å². The Kier molecular flexibility index (Phi) is 2.28. The molecule has 0 aliphatic heterocycles. The van der Waals surface area contributed by atoms with Crippen LogP contribution in [0.2, 0.25) is 0 Å². The van der Waals surface area contributed by atoms with E-state index in [1.807, 2.05) is 0 Å². The lowest BCUT2D eigenvalue weighted by molar-refractivity contribution is 0.300. The molecule has 2 rings (SSSR count). The second-order valence-corrected chi connectivity index (χ2v) is 3.71. The summed E-state index contributed by atoms with van der Waals surface area (Å²) >= 11 is 0. The van der Waals surface area contributed by atoms with Crippen LogP contribution in [0.3, 0.4) is 0 Å². The van der Waals surface area contributed by atoms with Crippen LogP contribution >= 0.6 is 0 Å². The van der Waals surface area contributed by atoms with E-state index in [2.05, 4.69) is 6.58 Å². The lowest BCUT2D eigenvalue weighted by Gasteiger charge is -2.11. The van der Waals surface area contributed by atoms with E-state index in [9.17, 15) is 4.39 Å². The van der Waals surface area contributed by atoms with Crippen LogP contribution in [0.25, 0.3) is 5.57 Å². The molecule has 0 unspecified atom stereocenters. The van der Waals surface area contributed by atoms with Gasteiger partial charge in [-0.05, 0) is 37.5 Å². The fourth-order valence-corrected chi connectivity index (χ4v) is 1.38. The molecule has 1 aromatic rings. The first-order valence-corrected chi connectivity index (χ1v) is 4.79. The zero-order valence-electron chi connectivity index (χ0n) is 8.22. The van der Waals surface area contributed by atoms with Crippen LogP contribution in [0.4, 0.5) is 4.39 Å². The largest absolute Gasteiger partial charge is 0.490 e. The van der Waals surface area contributed by atoms with Crippen LogP contribution in [0, 0.1) is 5.82 Å². The summed E-state index contributed by atoms with van der Waals surface area (Å²) in [4.78, 5) is 0. The van der Waals surface area contributed by atoms with Crippen LogP contribution < -0.4 is 4.74 Å². The molecular weight excluding hydrogens is 179 g/mol. The van der Waals surface area contributed by atoms with Crippen LogP contribution in [0.5, 0.6) is 5.75 Å². The van der Waals surface area contributed by atoms with Gasteiger partial charge in [-0.1, -0.05) is 12.6 Å². The number of allylic oxidation sites excluding steroid dienone is 1. The minimum Gasteiger partial charge on any atom is -0.490 e. The first-order chi connectivity index (χ1) is 6.68. The predicted octanol–water partition coefficient (Wildman–Crippen LogP) is 3.40. The third kappa shape index (κ3) is 1.79. The van der Waals surface area contributed by atoms with Crippen LogP contribution in [-0.4, -0.2) is 6.10 Å². The second-order valence-electron chi connectivity index (χ2n) is 3.71. The maximum absolute atomic E-state index is 13.4. The van der Waals surface area contributed by atoms with E-state index in [1.54, 1.807) is 19.1 Å². The van der Waals surface area contributed by atoms with E-state index >= 15 is 0 Å². The highest BCUT2D eigenvalue weighted by atomic mass is 19.1. The lowest BCUT2D eigenvalue weighted by atomic mass is 10.1. The molecule has 0 spiro atoms. The molecule has 0 heterocycles. The zero-order chi connectivity index (χ0) is 10.1. The van der Waals surface area contributed by atoms with Crippen molar-refractivity contribution >= 4 is 5.57 Å². The van der Waals surface area contributed by atoms with Gasteiger partial charge in [-0.15, -0.1) is 0 Å². The van der Waals surface area contributed by atoms with Crippen molar-refractivity contribution in [2.75, 3.05) is 0 Å². The smallest absolute Gasteiger partial charge is 0.134 e. The summed E-state index contributed by atoms with van der Waals surface area (Å²) in [6.45, 7) is 5.54. The number of halogens is 1. The van der Waals surface area contributed by atoms with Gasteiger partial charge in [0, 0.05) is 0 Å². The Labute approximate surface area is 83.2 Å². The molecule has 14 heavy (non-hydrogen) atoms. The Balaban J connectivity index is 2.35. The maximum Gasteiger partial charge on any atom is 0.134 e. The fraction of sp³-hybridized carbons (Fsp3) is 0.333. The third-order valence-electron chi connectivity index (χ3n) is 2.22. The number of rotatable bonds is 3. The Bertz CT molecular complexity index is 367. The number of benzene rings is 1. The highest BCUT2D eigenvalue weighted by Gasteiger charge is 2.25. The molecule has 0 aromatic heterocycles. The van der Waals surface area contributed by atoms with Crippen molar-refractivity contribution < 1.29 is 9.13 Å². The van der Waals surface area contributed by atoms with Crippen LogP contribution in [-0.2, 0) is 0 Å². The Morgan fingerprint density at radius 2 is 2.21 bits per heavy atom. The van der Waals surface area contributed by atoms with E-state index in [1.165, 1.54) is 6.07 Å². The molecule has 0 bridgehead atoms. The minimum atomic E-state index is -0.254. The quantitative estimate of drug-likeness (QED) is 0.713. The fourth-order valence-electron chi connectivity index (χ4n) is 1.38. The summed E-state index contributed by atoms with van der Waals surface area (Å²) in [5.74, 6) is 0.371. The minimum absolute atomic E-state index is 0.254. The van der Waals surface area contributed by atoms with Gasteiger partial charge in [-0.3, -0.25) is 0 Å². The van der Waals surface area contributed by atoms with Crippen molar-refractivity contribution in [1.82, 2.24) is 0 Å². The van der Waals surface area contributed by atoms with Gasteiger partial charge in [-0.25, -0.2) is 4.39 Å². The molecule has 1 nitrogen and oxygen atoms in total. The van der Waals surface area contributed by atoms with Gasteiger partial charge in [0.15, 0.2) is 0 Å². The van der Waals surface area contributed by atoms with Crippen molar-refractivity contribution in [3.05, 3.63) is 36.2 Å². The highest BCUT2D eigenvalue weighted by molar-refractivity contribution is 5.67. The number of hydrogen-bond acceptors (Lipinski definition) is 1. The molecular formula is C12H13FO. The highest BCUT2D eigenvalue weighted by Crippen LogP contribution is 2.33.